The third-order valence-corrected chi connectivity index (χ3v) is 4.85. The molecule has 0 atom stereocenters. The van der Waals surface area contributed by atoms with Gasteiger partial charge in [0.25, 0.3) is 5.69 Å². The van der Waals surface area contributed by atoms with Crippen molar-refractivity contribution in [3.8, 4) is 0 Å². The number of piperidine rings is 1. The minimum absolute atomic E-state index is 0.00528. The predicted octanol–water partition coefficient (Wildman–Crippen LogP) is 2.72. The zero-order valence-electron chi connectivity index (χ0n) is 15.1. The van der Waals surface area contributed by atoms with Gasteiger partial charge in [-0.2, -0.15) is 0 Å². The van der Waals surface area contributed by atoms with Crippen molar-refractivity contribution in [3.63, 3.8) is 0 Å². The second-order valence-electron chi connectivity index (χ2n) is 6.44. The van der Waals surface area contributed by atoms with E-state index >= 15 is 0 Å². The lowest BCUT2D eigenvalue weighted by molar-refractivity contribution is -0.384. The van der Waals surface area contributed by atoms with E-state index in [9.17, 15) is 14.9 Å². The molecule has 1 aliphatic rings. The van der Waals surface area contributed by atoms with Gasteiger partial charge in [0, 0.05) is 24.2 Å². The molecule has 1 saturated heterocycles. The van der Waals surface area contributed by atoms with E-state index in [2.05, 4.69) is 10.2 Å². The summed E-state index contributed by atoms with van der Waals surface area (Å²) in [5.41, 5.74) is 7.40. The van der Waals surface area contributed by atoms with Crippen LogP contribution in [0.1, 0.15) is 54.6 Å². The molecule has 7 nitrogen and oxygen atoms in total. The van der Waals surface area contributed by atoms with Gasteiger partial charge in [0.1, 0.15) is 5.69 Å². The standard InChI is InChI=1S/C18H28N4O3/c1-3-13-12-15(18(19)23)14(4-2)17(22(24)25)16(13)20-8-11-21-9-6-5-7-10-21/h12,20H,3-11H2,1-2H3,(H2,19,23). The van der Waals surface area contributed by atoms with E-state index in [1.807, 2.05) is 6.92 Å². The molecule has 1 aromatic rings. The van der Waals surface area contributed by atoms with Gasteiger partial charge >= 0.3 is 0 Å². The maximum Gasteiger partial charge on any atom is 0.296 e. The molecule has 1 heterocycles. The molecule has 7 heteroatoms. The summed E-state index contributed by atoms with van der Waals surface area (Å²) >= 11 is 0. The average Bonchev–Trinajstić information content (AvgIpc) is 2.61. The maximum atomic E-state index is 11.7. The van der Waals surface area contributed by atoms with Crippen molar-refractivity contribution in [2.75, 3.05) is 31.5 Å². The number of benzene rings is 1. The summed E-state index contributed by atoms with van der Waals surface area (Å²) in [5, 5.41) is 15.0. The Bertz CT molecular complexity index is 640. The van der Waals surface area contributed by atoms with Gasteiger partial charge in [0.15, 0.2) is 0 Å². The first-order valence-corrected chi connectivity index (χ1v) is 9.08. The molecule has 0 aromatic heterocycles. The first kappa shape index (κ1) is 19.2. The van der Waals surface area contributed by atoms with Gasteiger partial charge in [-0.3, -0.25) is 14.9 Å². The molecule has 2 rings (SSSR count). The number of nitro benzene ring substituents is 1. The molecular weight excluding hydrogens is 320 g/mol. The Morgan fingerprint density at radius 2 is 1.96 bits per heavy atom. The minimum Gasteiger partial charge on any atom is -0.378 e. The number of hydrogen-bond acceptors (Lipinski definition) is 5. The van der Waals surface area contributed by atoms with E-state index in [-0.39, 0.29) is 11.3 Å². The molecule has 1 fully saturated rings. The Hall–Kier alpha value is -2.15. The SMILES string of the molecule is CCc1cc(C(N)=O)c(CC)c([N+](=O)[O-])c1NCCN1CCCCC1. The van der Waals surface area contributed by atoms with Crippen LogP contribution in [-0.4, -0.2) is 41.9 Å². The molecule has 3 N–H and O–H groups in total. The smallest absolute Gasteiger partial charge is 0.296 e. The van der Waals surface area contributed by atoms with Crippen molar-refractivity contribution in [2.24, 2.45) is 5.73 Å². The Kier molecular flexibility index (Phi) is 6.75. The van der Waals surface area contributed by atoms with E-state index in [0.717, 1.165) is 25.2 Å². The monoisotopic (exact) mass is 348 g/mol. The lowest BCUT2D eigenvalue weighted by Crippen LogP contribution is -2.34. The van der Waals surface area contributed by atoms with Crippen molar-refractivity contribution in [3.05, 3.63) is 32.9 Å². The maximum absolute atomic E-state index is 11.7. The van der Waals surface area contributed by atoms with Crippen LogP contribution in [0.4, 0.5) is 11.4 Å². The van der Waals surface area contributed by atoms with Crippen LogP contribution in [0.15, 0.2) is 6.07 Å². The van der Waals surface area contributed by atoms with E-state index in [4.69, 9.17) is 5.73 Å². The number of nitrogens with zero attached hydrogens (tertiary/aromatic N) is 2. The molecule has 1 amide bonds. The number of carbonyl (C=O) groups is 1. The first-order valence-electron chi connectivity index (χ1n) is 9.08. The second kappa shape index (κ2) is 8.80. The van der Waals surface area contributed by atoms with Gasteiger partial charge in [-0.15, -0.1) is 0 Å². The zero-order chi connectivity index (χ0) is 18.4. The Labute approximate surface area is 148 Å². The third kappa shape index (κ3) is 4.48. The molecule has 0 saturated carbocycles. The number of nitrogens with two attached hydrogens (primary N) is 1. The third-order valence-electron chi connectivity index (χ3n) is 4.85. The Morgan fingerprint density at radius 1 is 1.28 bits per heavy atom. The molecule has 0 aliphatic carbocycles. The number of primary amides is 1. The van der Waals surface area contributed by atoms with Crippen molar-refractivity contribution in [1.82, 2.24) is 4.90 Å². The highest BCUT2D eigenvalue weighted by Gasteiger charge is 2.27. The number of carbonyl (C=O) groups excluding carboxylic acids is 1. The van der Waals surface area contributed by atoms with Crippen LogP contribution in [-0.2, 0) is 12.8 Å². The topological polar surface area (TPSA) is 102 Å². The fourth-order valence-electron chi connectivity index (χ4n) is 3.54. The van der Waals surface area contributed by atoms with Gasteiger partial charge < -0.3 is 16.0 Å². The number of anilines is 1. The van der Waals surface area contributed by atoms with Gasteiger partial charge in [-0.1, -0.05) is 20.3 Å². The van der Waals surface area contributed by atoms with Crippen molar-refractivity contribution >= 4 is 17.3 Å². The van der Waals surface area contributed by atoms with Crippen molar-refractivity contribution in [1.29, 1.82) is 0 Å². The lowest BCUT2D eigenvalue weighted by atomic mass is 9.95. The minimum atomic E-state index is -0.616. The summed E-state index contributed by atoms with van der Waals surface area (Å²) in [6, 6.07) is 1.71. The molecule has 0 radical (unpaired) electrons. The van der Waals surface area contributed by atoms with E-state index in [1.165, 1.54) is 19.3 Å². The molecule has 25 heavy (non-hydrogen) atoms. The fourth-order valence-corrected chi connectivity index (χ4v) is 3.54. The molecule has 0 spiro atoms. The number of hydrogen-bond donors (Lipinski definition) is 2. The number of likely N-dealkylation sites (tertiary alicyclic amines) is 1. The molecule has 1 aliphatic heterocycles. The number of nitrogens with one attached hydrogen (secondary N) is 1. The first-order chi connectivity index (χ1) is 12.0. The quantitative estimate of drug-likeness (QED) is 0.555. The predicted molar refractivity (Wildman–Crippen MR) is 99.2 cm³/mol. The van der Waals surface area contributed by atoms with Gasteiger partial charge in [-0.05, 0) is 50.4 Å². The van der Waals surface area contributed by atoms with Gasteiger partial charge in [0.05, 0.1) is 4.92 Å². The highest BCUT2D eigenvalue weighted by Crippen LogP contribution is 2.35. The van der Waals surface area contributed by atoms with Crippen molar-refractivity contribution in [2.45, 2.75) is 46.0 Å². The van der Waals surface area contributed by atoms with Crippen LogP contribution in [0, 0.1) is 10.1 Å². The van der Waals surface area contributed by atoms with Gasteiger partial charge in [0.2, 0.25) is 5.91 Å². The van der Waals surface area contributed by atoms with Crippen LogP contribution in [0.2, 0.25) is 0 Å². The van der Waals surface area contributed by atoms with Crippen molar-refractivity contribution < 1.29 is 9.72 Å². The van der Waals surface area contributed by atoms with Crippen LogP contribution >= 0.6 is 0 Å². The second-order valence-corrected chi connectivity index (χ2v) is 6.44. The van der Waals surface area contributed by atoms with E-state index < -0.39 is 10.8 Å². The number of nitro groups is 1. The summed E-state index contributed by atoms with van der Waals surface area (Å²) in [6.07, 6.45) is 4.70. The molecular formula is C18H28N4O3. The lowest BCUT2D eigenvalue weighted by Gasteiger charge is -2.26. The summed E-state index contributed by atoms with van der Waals surface area (Å²) in [6.45, 7) is 7.41. The number of rotatable bonds is 8. The molecule has 138 valence electrons. The average molecular weight is 348 g/mol. The summed E-state index contributed by atoms with van der Waals surface area (Å²) in [4.78, 5) is 25.4. The number of amides is 1. The summed E-state index contributed by atoms with van der Waals surface area (Å²) in [7, 11) is 0. The summed E-state index contributed by atoms with van der Waals surface area (Å²) in [5.74, 6) is -0.616. The van der Waals surface area contributed by atoms with Crippen LogP contribution in [0.3, 0.4) is 0 Å². The largest absolute Gasteiger partial charge is 0.378 e. The van der Waals surface area contributed by atoms with Gasteiger partial charge in [-0.25, -0.2) is 0 Å². The van der Waals surface area contributed by atoms with Crippen LogP contribution in [0.25, 0.3) is 0 Å². The Balaban J connectivity index is 2.30. The van der Waals surface area contributed by atoms with E-state index in [1.54, 1.807) is 13.0 Å². The summed E-state index contributed by atoms with van der Waals surface area (Å²) < 4.78 is 0. The normalized spacial score (nSPS) is 15.1. The molecule has 0 unspecified atom stereocenters. The van der Waals surface area contributed by atoms with E-state index in [0.29, 0.717) is 30.6 Å². The molecule has 1 aromatic carbocycles. The van der Waals surface area contributed by atoms with Crippen LogP contribution < -0.4 is 11.1 Å². The fraction of sp³-hybridized carbons (Fsp3) is 0.611. The van der Waals surface area contributed by atoms with Crippen LogP contribution in [0.5, 0.6) is 0 Å². The molecule has 0 bridgehead atoms. The highest BCUT2D eigenvalue weighted by molar-refractivity contribution is 5.97. The zero-order valence-corrected chi connectivity index (χ0v) is 15.1. The highest BCUT2D eigenvalue weighted by atomic mass is 16.6. The number of aryl methyl sites for hydroxylation is 1. The Morgan fingerprint density at radius 3 is 2.48 bits per heavy atom.